The lowest BCUT2D eigenvalue weighted by Crippen LogP contribution is -2.39. The Balaban J connectivity index is 1.98. The van der Waals surface area contributed by atoms with Gasteiger partial charge in [-0.1, -0.05) is 28.4 Å². The van der Waals surface area contributed by atoms with Gasteiger partial charge >= 0.3 is 0 Å². The van der Waals surface area contributed by atoms with Crippen molar-refractivity contribution in [1.82, 2.24) is 5.32 Å². The van der Waals surface area contributed by atoms with Gasteiger partial charge in [-0.3, -0.25) is 4.79 Å². The van der Waals surface area contributed by atoms with Crippen LogP contribution in [0.3, 0.4) is 0 Å². The summed E-state index contributed by atoms with van der Waals surface area (Å²) in [6.45, 7) is 0. The number of benzene rings is 1. The molecule has 1 saturated carbocycles. The van der Waals surface area contributed by atoms with Crippen LogP contribution in [-0.2, 0) is 11.2 Å². The van der Waals surface area contributed by atoms with Gasteiger partial charge in [-0.05, 0) is 30.9 Å². The molecule has 104 valence electrons. The van der Waals surface area contributed by atoms with Crippen molar-refractivity contribution in [3.05, 3.63) is 35.4 Å². The van der Waals surface area contributed by atoms with Gasteiger partial charge < -0.3 is 5.32 Å². The van der Waals surface area contributed by atoms with Crippen molar-refractivity contribution < 1.29 is 13.6 Å². The molecule has 1 fully saturated rings. The number of hydrogen-bond donors (Lipinski definition) is 1. The minimum absolute atomic E-state index is 0.113. The highest BCUT2D eigenvalue weighted by Gasteiger charge is 2.27. The molecule has 1 aromatic rings. The number of carbonyl (C=O) groups is 1. The summed E-state index contributed by atoms with van der Waals surface area (Å²) in [5.41, 5.74) is -0.159. The van der Waals surface area contributed by atoms with Gasteiger partial charge in [0.15, 0.2) is 0 Å². The van der Waals surface area contributed by atoms with E-state index in [0.717, 1.165) is 24.6 Å². The monoisotopic (exact) mass is 331 g/mol. The van der Waals surface area contributed by atoms with E-state index < -0.39 is 11.6 Å². The lowest BCUT2D eigenvalue weighted by molar-refractivity contribution is -0.121. The number of rotatable bonds is 4. The molecular formula is C14H16BrF2NO. The van der Waals surface area contributed by atoms with Crippen LogP contribution < -0.4 is 5.32 Å². The van der Waals surface area contributed by atoms with Gasteiger partial charge in [-0.15, -0.1) is 0 Å². The van der Waals surface area contributed by atoms with Crippen LogP contribution in [-0.4, -0.2) is 17.3 Å². The fourth-order valence-corrected chi connectivity index (χ4v) is 3.31. The van der Waals surface area contributed by atoms with Gasteiger partial charge in [0.05, 0.1) is 6.42 Å². The van der Waals surface area contributed by atoms with E-state index in [4.69, 9.17) is 0 Å². The predicted octanol–water partition coefficient (Wildman–Crippen LogP) is 3.19. The first-order chi connectivity index (χ1) is 9.11. The van der Waals surface area contributed by atoms with E-state index in [1.54, 1.807) is 0 Å². The molecular weight excluding hydrogens is 316 g/mol. The summed E-state index contributed by atoms with van der Waals surface area (Å²) in [7, 11) is 0. The van der Waals surface area contributed by atoms with E-state index in [-0.39, 0.29) is 23.9 Å². The fraction of sp³-hybridized carbons (Fsp3) is 0.500. The van der Waals surface area contributed by atoms with E-state index in [9.17, 15) is 13.6 Å². The Morgan fingerprint density at radius 1 is 1.32 bits per heavy atom. The molecule has 1 N–H and O–H groups in total. The Hall–Kier alpha value is -0.970. The molecule has 1 aromatic carbocycles. The first-order valence-electron chi connectivity index (χ1n) is 6.40. The van der Waals surface area contributed by atoms with Crippen molar-refractivity contribution >= 4 is 21.8 Å². The number of nitrogens with one attached hydrogen (secondary N) is 1. The van der Waals surface area contributed by atoms with Crippen molar-refractivity contribution in [3.8, 4) is 0 Å². The van der Waals surface area contributed by atoms with Gasteiger partial charge in [0.1, 0.15) is 11.6 Å². The Morgan fingerprint density at radius 3 is 2.63 bits per heavy atom. The van der Waals surface area contributed by atoms with Gasteiger partial charge in [-0.2, -0.15) is 0 Å². The maximum absolute atomic E-state index is 13.4. The first kappa shape index (κ1) is 14.4. The fourth-order valence-electron chi connectivity index (χ4n) is 2.53. The average Bonchev–Trinajstić information content (AvgIpc) is 2.81. The van der Waals surface area contributed by atoms with Crippen LogP contribution in [0.25, 0.3) is 0 Å². The predicted molar refractivity (Wildman–Crippen MR) is 73.1 cm³/mol. The Labute approximate surface area is 119 Å². The van der Waals surface area contributed by atoms with Crippen LogP contribution in [0.4, 0.5) is 8.78 Å². The van der Waals surface area contributed by atoms with Crippen LogP contribution in [0, 0.1) is 17.6 Å². The van der Waals surface area contributed by atoms with Gasteiger partial charge in [0, 0.05) is 16.9 Å². The van der Waals surface area contributed by atoms with E-state index in [2.05, 4.69) is 21.2 Å². The Bertz CT molecular complexity index is 447. The molecule has 0 aliphatic heterocycles. The van der Waals surface area contributed by atoms with Crippen molar-refractivity contribution in [2.75, 3.05) is 5.33 Å². The SMILES string of the molecule is O=C(Cc1c(F)cccc1F)NC1CCCC1CBr. The molecule has 5 heteroatoms. The second kappa shape index (κ2) is 6.46. The second-order valence-electron chi connectivity index (χ2n) is 4.90. The lowest BCUT2D eigenvalue weighted by atomic mass is 10.1. The topological polar surface area (TPSA) is 29.1 Å². The molecule has 1 aliphatic carbocycles. The van der Waals surface area contributed by atoms with E-state index >= 15 is 0 Å². The summed E-state index contributed by atoms with van der Waals surface area (Å²) < 4.78 is 26.9. The molecule has 0 aromatic heterocycles. The largest absolute Gasteiger partial charge is 0.353 e. The molecule has 2 nitrogen and oxygen atoms in total. The summed E-state index contributed by atoms with van der Waals surface area (Å²) in [5.74, 6) is -1.24. The van der Waals surface area contributed by atoms with Crippen LogP contribution in [0.5, 0.6) is 0 Å². The molecule has 2 rings (SSSR count). The van der Waals surface area contributed by atoms with Crippen LogP contribution in [0.2, 0.25) is 0 Å². The molecule has 0 spiro atoms. The summed E-state index contributed by atoms with van der Waals surface area (Å²) in [6, 6.07) is 3.75. The third-order valence-corrected chi connectivity index (χ3v) is 4.43. The number of halogens is 3. The molecule has 1 amide bonds. The number of hydrogen-bond acceptors (Lipinski definition) is 1. The number of alkyl halides is 1. The lowest BCUT2D eigenvalue weighted by Gasteiger charge is -2.19. The molecule has 2 atom stereocenters. The maximum atomic E-state index is 13.4. The van der Waals surface area contributed by atoms with Gasteiger partial charge in [0.25, 0.3) is 0 Å². The van der Waals surface area contributed by atoms with E-state index in [0.29, 0.717) is 5.92 Å². The first-order valence-corrected chi connectivity index (χ1v) is 7.52. The molecule has 19 heavy (non-hydrogen) atoms. The zero-order valence-corrected chi connectivity index (χ0v) is 12.1. The molecule has 0 radical (unpaired) electrons. The standard InChI is InChI=1S/C14H16BrF2NO/c15-8-9-3-1-6-13(9)18-14(19)7-10-11(16)4-2-5-12(10)17/h2,4-5,9,13H,1,3,6-8H2,(H,18,19). The molecule has 2 unspecified atom stereocenters. The Morgan fingerprint density at radius 2 is 2.00 bits per heavy atom. The zero-order valence-electron chi connectivity index (χ0n) is 10.5. The van der Waals surface area contributed by atoms with Crippen molar-refractivity contribution in [2.45, 2.75) is 31.7 Å². The summed E-state index contributed by atoms with van der Waals surface area (Å²) in [6.07, 6.45) is 2.84. The van der Waals surface area contributed by atoms with Gasteiger partial charge in [-0.25, -0.2) is 8.78 Å². The zero-order chi connectivity index (χ0) is 13.8. The third kappa shape index (κ3) is 3.53. The van der Waals surface area contributed by atoms with E-state index in [1.165, 1.54) is 18.2 Å². The van der Waals surface area contributed by atoms with Crippen LogP contribution in [0.1, 0.15) is 24.8 Å². The molecule has 0 bridgehead atoms. The normalized spacial score (nSPS) is 22.5. The highest BCUT2D eigenvalue weighted by molar-refractivity contribution is 9.09. The van der Waals surface area contributed by atoms with Crippen molar-refractivity contribution in [1.29, 1.82) is 0 Å². The second-order valence-corrected chi connectivity index (χ2v) is 5.54. The minimum atomic E-state index is -0.668. The molecule has 0 saturated heterocycles. The Kier molecular flexibility index (Phi) is 4.91. The average molecular weight is 332 g/mol. The summed E-state index contributed by atoms with van der Waals surface area (Å²) >= 11 is 3.43. The molecule has 0 heterocycles. The van der Waals surface area contributed by atoms with Crippen molar-refractivity contribution in [3.63, 3.8) is 0 Å². The smallest absolute Gasteiger partial charge is 0.224 e. The van der Waals surface area contributed by atoms with Crippen LogP contribution in [0.15, 0.2) is 18.2 Å². The van der Waals surface area contributed by atoms with Crippen molar-refractivity contribution in [2.24, 2.45) is 5.92 Å². The number of carbonyl (C=O) groups excluding carboxylic acids is 1. The minimum Gasteiger partial charge on any atom is -0.353 e. The summed E-state index contributed by atoms with van der Waals surface area (Å²) in [4.78, 5) is 11.9. The summed E-state index contributed by atoms with van der Waals surface area (Å²) in [5, 5.41) is 3.72. The van der Waals surface area contributed by atoms with Gasteiger partial charge in [0.2, 0.25) is 5.91 Å². The van der Waals surface area contributed by atoms with E-state index in [1.807, 2.05) is 0 Å². The third-order valence-electron chi connectivity index (χ3n) is 3.60. The molecule has 1 aliphatic rings. The highest BCUT2D eigenvalue weighted by Crippen LogP contribution is 2.27. The number of amides is 1. The highest BCUT2D eigenvalue weighted by atomic mass is 79.9. The quantitative estimate of drug-likeness (QED) is 0.843. The maximum Gasteiger partial charge on any atom is 0.224 e. The van der Waals surface area contributed by atoms with Crippen LogP contribution >= 0.6 is 15.9 Å².